The van der Waals surface area contributed by atoms with E-state index < -0.39 is 0 Å². The van der Waals surface area contributed by atoms with Gasteiger partial charge in [-0.15, -0.1) is 0 Å². The molecular weight excluding hydrogens is 443 g/mol. The van der Waals surface area contributed by atoms with Crippen LogP contribution in [-0.4, -0.2) is 28.1 Å². The van der Waals surface area contributed by atoms with Crippen LogP contribution in [0.3, 0.4) is 0 Å². The summed E-state index contributed by atoms with van der Waals surface area (Å²) in [5, 5.41) is 7.69. The Morgan fingerprint density at radius 2 is 1.69 bits per heavy atom. The summed E-state index contributed by atoms with van der Waals surface area (Å²) in [6.07, 6.45) is 3.58. The van der Waals surface area contributed by atoms with Crippen LogP contribution in [0.5, 0.6) is 0 Å². The van der Waals surface area contributed by atoms with Gasteiger partial charge in [-0.3, -0.25) is 9.59 Å². The maximum atomic E-state index is 13.5. The highest BCUT2D eigenvalue weighted by Gasteiger charge is 2.21. The van der Waals surface area contributed by atoms with E-state index in [4.69, 9.17) is 5.10 Å². The van der Waals surface area contributed by atoms with Crippen molar-refractivity contribution < 1.29 is 14.0 Å². The molecule has 0 spiro atoms. The molecule has 1 aromatic heterocycles. The molecule has 35 heavy (non-hydrogen) atoms. The molecule has 7 heteroatoms. The Morgan fingerprint density at radius 1 is 0.943 bits per heavy atom. The standard InChI is InChI=1S/C28H25FN4O2/c29-23-12-10-21(11-13-23)28-22(19-33(31-28)25-5-2-1-3-6-25)18-30-26(34)17-20-8-14-24(15-9-20)32-16-4-7-27(32)35/h1-3,5-6,8-15,19H,4,7,16-18H2,(H,30,34). The number of nitrogens with one attached hydrogen (secondary N) is 1. The van der Waals surface area contributed by atoms with Crippen molar-refractivity contribution in [3.05, 3.63) is 102 Å². The van der Waals surface area contributed by atoms with Crippen molar-refractivity contribution in [1.82, 2.24) is 15.1 Å². The number of benzene rings is 3. The topological polar surface area (TPSA) is 67.2 Å². The summed E-state index contributed by atoms with van der Waals surface area (Å²) in [6, 6.07) is 23.4. The van der Waals surface area contributed by atoms with Gasteiger partial charge >= 0.3 is 0 Å². The number of rotatable bonds is 7. The smallest absolute Gasteiger partial charge is 0.227 e. The summed E-state index contributed by atoms with van der Waals surface area (Å²) >= 11 is 0. The number of nitrogens with zero attached hydrogens (tertiary/aromatic N) is 3. The molecule has 0 atom stereocenters. The van der Waals surface area contributed by atoms with Crippen LogP contribution in [0.25, 0.3) is 16.9 Å². The van der Waals surface area contributed by atoms with Crippen molar-refractivity contribution in [2.45, 2.75) is 25.8 Å². The fourth-order valence-electron chi connectivity index (χ4n) is 4.26. The van der Waals surface area contributed by atoms with Crippen molar-refractivity contribution in [3.63, 3.8) is 0 Å². The highest BCUT2D eigenvalue weighted by Crippen LogP contribution is 2.25. The van der Waals surface area contributed by atoms with Gasteiger partial charge in [0.25, 0.3) is 0 Å². The molecule has 0 bridgehead atoms. The van der Waals surface area contributed by atoms with Crippen LogP contribution in [0.2, 0.25) is 0 Å². The lowest BCUT2D eigenvalue weighted by Gasteiger charge is -2.15. The zero-order valence-electron chi connectivity index (χ0n) is 19.2. The average molecular weight is 469 g/mol. The lowest BCUT2D eigenvalue weighted by atomic mass is 10.1. The summed E-state index contributed by atoms with van der Waals surface area (Å²) in [4.78, 5) is 26.4. The van der Waals surface area contributed by atoms with Crippen molar-refractivity contribution in [1.29, 1.82) is 0 Å². The Bertz CT molecular complexity index is 1330. The molecule has 6 nitrogen and oxygen atoms in total. The van der Waals surface area contributed by atoms with Gasteiger partial charge in [0.1, 0.15) is 5.82 Å². The zero-order chi connectivity index (χ0) is 24.2. The van der Waals surface area contributed by atoms with Crippen LogP contribution in [0.1, 0.15) is 24.0 Å². The third-order valence-corrected chi connectivity index (χ3v) is 6.09. The third-order valence-electron chi connectivity index (χ3n) is 6.09. The van der Waals surface area contributed by atoms with E-state index in [2.05, 4.69) is 5.32 Å². The first-order chi connectivity index (χ1) is 17.1. The minimum atomic E-state index is -0.314. The van der Waals surface area contributed by atoms with E-state index in [9.17, 15) is 14.0 Å². The quantitative estimate of drug-likeness (QED) is 0.429. The number of amides is 2. The molecule has 176 valence electrons. The summed E-state index contributed by atoms with van der Waals surface area (Å²) in [5.41, 5.74) is 4.93. The van der Waals surface area contributed by atoms with Gasteiger partial charge in [0.05, 0.1) is 17.8 Å². The van der Waals surface area contributed by atoms with E-state index in [-0.39, 0.29) is 24.1 Å². The fourth-order valence-corrected chi connectivity index (χ4v) is 4.26. The summed E-state index contributed by atoms with van der Waals surface area (Å²) in [6.45, 7) is 1.03. The second kappa shape index (κ2) is 9.93. The number of anilines is 1. The fraction of sp³-hybridized carbons (Fsp3) is 0.179. The highest BCUT2D eigenvalue weighted by molar-refractivity contribution is 5.95. The van der Waals surface area contributed by atoms with E-state index >= 15 is 0 Å². The lowest BCUT2D eigenvalue weighted by molar-refractivity contribution is -0.120. The normalized spacial score (nSPS) is 13.3. The van der Waals surface area contributed by atoms with Gasteiger partial charge in [-0.1, -0.05) is 30.3 Å². The van der Waals surface area contributed by atoms with Crippen LogP contribution < -0.4 is 10.2 Å². The molecular formula is C28H25FN4O2. The predicted molar refractivity (Wildman–Crippen MR) is 133 cm³/mol. The molecule has 2 heterocycles. The summed E-state index contributed by atoms with van der Waals surface area (Å²) < 4.78 is 15.2. The molecule has 0 aliphatic carbocycles. The molecule has 1 saturated heterocycles. The number of hydrogen-bond acceptors (Lipinski definition) is 3. The molecule has 5 rings (SSSR count). The van der Waals surface area contributed by atoms with Gasteiger partial charge in [-0.05, 0) is 60.5 Å². The van der Waals surface area contributed by atoms with Gasteiger partial charge in [0, 0.05) is 42.5 Å². The molecule has 4 aromatic rings. The van der Waals surface area contributed by atoms with Crippen LogP contribution >= 0.6 is 0 Å². The van der Waals surface area contributed by atoms with Crippen LogP contribution in [0.4, 0.5) is 10.1 Å². The van der Waals surface area contributed by atoms with E-state index in [0.29, 0.717) is 18.7 Å². The Kier molecular flexibility index (Phi) is 6.39. The molecule has 2 amide bonds. The van der Waals surface area contributed by atoms with Gasteiger partial charge in [0.2, 0.25) is 11.8 Å². The zero-order valence-corrected chi connectivity index (χ0v) is 19.2. The maximum absolute atomic E-state index is 13.5. The molecule has 1 N–H and O–H groups in total. The van der Waals surface area contributed by atoms with Crippen LogP contribution in [-0.2, 0) is 22.6 Å². The Morgan fingerprint density at radius 3 is 2.37 bits per heavy atom. The van der Waals surface area contributed by atoms with E-state index in [1.165, 1.54) is 12.1 Å². The van der Waals surface area contributed by atoms with Gasteiger partial charge in [-0.2, -0.15) is 5.10 Å². The van der Waals surface area contributed by atoms with Gasteiger partial charge < -0.3 is 10.2 Å². The van der Waals surface area contributed by atoms with Crippen molar-refractivity contribution in [2.24, 2.45) is 0 Å². The maximum Gasteiger partial charge on any atom is 0.227 e. The SMILES string of the molecule is O=C(Cc1ccc(N2CCCC2=O)cc1)NCc1cn(-c2ccccc2)nc1-c1ccc(F)cc1. The third kappa shape index (κ3) is 5.14. The second-order valence-corrected chi connectivity index (χ2v) is 8.56. The van der Waals surface area contributed by atoms with E-state index in [1.807, 2.05) is 60.8 Å². The van der Waals surface area contributed by atoms with E-state index in [0.717, 1.165) is 41.0 Å². The van der Waals surface area contributed by atoms with Gasteiger partial charge in [-0.25, -0.2) is 9.07 Å². The molecule has 0 radical (unpaired) electrons. The van der Waals surface area contributed by atoms with Gasteiger partial charge in [0.15, 0.2) is 0 Å². The number of carbonyl (C=O) groups is 2. The average Bonchev–Trinajstić information content (AvgIpc) is 3.51. The number of hydrogen-bond donors (Lipinski definition) is 1. The Balaban J connectivity index is 1.29. The van der Waals surface area contributed by atoms with E-state index in [1.54, 1.807) is 21.7 Å². The molecule has 0 saturated carbocycles. The molecule has 1 aliphatic heterocycles. The number of halogens is 1. The van der Waals surface area contributed by atoms with Crippen molar-refractivity contribution in [2.75, 3.05) is 11.4 Å². The van der Waals surface area contributed by atoms with Crippen LogP contribution in [0, 0.1) is 5.82 Å². The predicted octanol–water partition coefficient (Wildman–Crippen LogP) is 4.66. The Hall–Kier alpha value is -4.26. The number of para-hydroxylation sites is 1. The first-order valence-corrected chi connectivity index (χ1v) is 11.6. The van der Waals surface area contributed by atoms with Crippen molar-refractivity contribution >= 4 is 17.5 Å². The largest absolute Gasteiger partial charge is 0.352 e. The number of aromatic nitrogens is 2. The van der Waals surface area contributed by atoms with Crippen molar-refractivity contribution in [3.8, 4) is 16.9 Å². The molecule has 1 aliphatic rings. The monoisotopic (exact) mass is 468 g/mol. The lowest BCUT2D eigenvalue weighted by Crippen LogP contribution is -2.25. The first kappa shape index (κ1) is 22.5. The summed E-state index contributed by atoms with van der Waals surface area (Å²) in [7, 11) is 0. The number of carbonyl (C=O) groups excluding carboxylic acids is 2. The Labute approximate surface area is 203 Å². The first-order valence-electron chi connectivity index (χ1n) is 11.6. The second-order valence-electron chi connectivity index (χ2n) is 8.56. The minimum Gasteiger partial charge on any atom is -0.352 e. The molecule has 3 aromatic carbocycles. The molecule has 0 unspecified atom stereocenters. The molecule has 1 fully saturated rings. The minimum absolute atomic E-state index is 0.118. The summed E-state index contributed by atoms with van der Waals surface area (Å²) in [5.74, 6) is -0.290. The highest BCUT2D eigenvalue weighted by atomic mass is 19.1. The van der Waals surface area contributed by atoms with Crippen LogP contribution in [0.15, 0.2) is 85.1 Å².